The maximum absolute atomic E-state index is 10.9. The van der Waals surface area contributed by atoms with Gasteiger partial charge in [-0.2, -0.15) is 0 Å². The Labute approximate surface area is 96.6 Å². The SMILES string of the molecule is O=C(O)C1(CNc2ccc([N+](=O)[O-])nc2)CC1. The molecule has 1 aromatic rings. The van der Waals surface area contributed by atoms with Crippen molar-refractivity contribution in [2.24, 2.45) is 5.41 Å². The minimum Gasteiger partial charge on any atom is -0.481 e. The van der Waals surface area contributed by atoms with E-state index < -0.39 is 16.3 Å². The quantitative estimate of drug-likeness (QED) is 0.590. The fourth-order valence-electron chi connectivity index (χ4n) is 1.49. The molecule has 1 heterocycles. The van der Waals surface area contributed by atoms with E-state index in [0.717, 1.165) is 0 Å². The molecule has 0 unspecified atom stereocenters. The van der Waals surface area contributed by atoms with Gasteiger partial charge in [0.25, 0.3) is 0 Å². The Bertz CT molecular complexity index is 453. The Morgan fingerprint density at radius 2 is 2.29 bits per heavy atom. The highest BCUT2D eigenvalue weighted by atomic mass is 16.6. The molecule has 7 heteroatoms. The zero-order valence-corrected chi connectivity index (χ0v) is 8.92. The first kappa shape index (κ1) is 11.3. The molecule has 1 aliphatic carbocycles. The van der Waals surface area contributed by atoms with Gasteiger partial charge in [-0.25, -0.2) is 0 Å². The monoisotopic (exact) mass is 237 g/mol. The highest BCUT2D eigenvalue weighted by molar-refractivity contribution is 5.78. The van der Waals surface area contributed by atoms with E-state index in [-0.39, 0.29) is 5.82 Å². The number of carboxylic acids is 1. The summed E-state index contributed by atoms with van der Waals surface area (Å²) in [4.78, 5) is 24.3. The molecule has 1 saturated carbocycles. The molecule has 0 saturated heterocycles. The third-order valence-electron chi connectivity index (χ3n) is 2.87. The van der Waals surface area contributed by atoms with Crippen LogP contribution in [0.25, 0.3) is 0 Å². The highest BCUT2D eigenvalue weighted by Crippen LogP contribution is 2.45. The molecule has 2 N–H and O–H groups in total. The summed E-state index contributed by atoms with van der Waals surface area (Å²) in [6.07, 6.45) is 2.65. The summed E-state index contributed by atoms with van der Waals surface area (Å²) in [7, 11) is 0. The Kier molecular flexibility index (Phi) is 2.66. The van der Waals surface area contributed by atoms with Gasteiger partial charge in [-0.3, -0.25) is 4.79 Å². The van der Waals surface area contributed by atoms with E-state index in [0.29, 0.717) is 25.1 Å². The normalized spacial score (nSPS) is 16.2. The average Bonchev–Trinajstić information content (AvgIpc) is 3.08. The first-order chi connectivity index (χ1) is 8.03. The number of aliphatic carboxylic acids is 1. The van der Waals surface area contributed by atoms with Crippen molar-refractivity contribution in [3.8, 4) is 0 Å². The van der Waals surface area contributed by atoms with Gasteiger partial charge in [0.15, 0.2) is 6.20 Å². The van der Waals surface area contributed by atoms with E-state index in [1.54, 1.807) is 0 Å². The Morgan fingerprint density at radius 1 is 1.59 bits per heavy atom. The van der Waals surface area contributed by atoms with Crippen LogP contribution >= 0.6 is 0 Å². The van der Waals surface area contributed by atoms with Gasteiger partial charge in [0.1, 0.15) is 0 Å². The standard InChI is InChI=1S/C10H11N3O4/c14-9(15)10(3-4-10)6-12-7-1-2-8(11-5-7)13(16)17/h1-2,5,12H,3-4,6H2,(H,14,15). The lowest BCUT2D eigenvalue weighted by molar-refractivity contribution is -0.389. The molecule has 0 spiro atoms. The number of anilines is 1. The van der Waals surface area contributed by atoms with Crippen LogP contribution in [0.5, 0.6) is 0 Å². The van der Waals surface area contributed by atoms with Gasteiger partial charge in [-0.15, -0.1) is 0 Å². The fourth-order valence-corrected chi connectivity index (χ4v) is 1.49. The van der Waals surface area contributed by atoms with Gasteiger partial charge < -0.3 is 20.5 Å². The van der Waals surface area contributed by atoms with E-state index >= 15 is 0 Å². The highest BCUT2D eigenvalue weighted by Gasteiger charge is 2.50. The van der Waals surface area contributed by atoms with Crippen molar-refractivity contribution in [1.82, 2.24) is 4.98 Å². The maximum atomic E-state index is 10.9. The summed E-state index contributed by atoms with van der Waals surface area (Å²) in [5.41, 5.74) is -0.0787. The minimum atomic E-state index is -0.806. The van der Waals surface area contributed by atoms with Crippen LogP contribution in [0.2, 0.25) is 0 Å². The minimum absolute atomic E-state index is 0.227. The fraction of sp³-hybridized carbons (Fsp3) is 0.400. The zero-order valence-electron chi connectivity index (χ0n) is 8.92. The second-order valence-corrected chi connectivity index (χ2v) is 4.10. The number of rotatable bonds is 5. The number of carboxylic acid groups (broad SMARTS) is 1. The second-order valence-electron chi connectivity index (χ2n) is 4.10. The number of hydrogen-bond acceptors (Lipinski definition) is 5. The molecule has 0 aliphatic heterocycles. The van der Waals surface area contributed by atoms with Gasteiger partial charge in [-0.05, 0) is 28.8 Å². The Morgan fingerprint density at radius 3 is 2.71 bits per heavy atom. The van der Waals surface area contributed by atoms with Crippen LogP contribution in [-0.4, -0.2) is 27.5 Å². The van der Waals surface area contributed by atoms with Crippen LogP contribution in [-0.2, 0) is 4.79 Å². The van der Waals surface area contributed by atoms with Gasteiger partial charge in [-0.1, -0.05) is 0 Å². The predicted octanol–water partition coefficient (Wildman–Crippen LogP) is 1.27. The number of pyridine rings is 1. The topological polar surface area (TPSA) is 105 Å². The van der Waals surface area contributed by atoms with E-state index in [1.807, 2.05) is 0 Å². The van der Waals surface area contributed by atoms with Crippen molar-refractivity contribution >= 4 is 17.5 Å². The van der Waals surface area contributed by atoms with E-state index in [4.69, 9.17) is 5.11 Å². The molecule has 1 aromatic heterocycles. The largest absolute Gasteiger partial charge is 0.481 e. The number of nitrogens with one attached hydrogen (secondary N) is 1. The lowest BCUT2D eigenvalue weighted by atomic mass is 10.1. The molecule has 17 heavy (non-hydrogen) atoms. The van der Waals surface area contributed by atoms with Crippen LogP contribution in [0.3, 0.4) is 0 Å². The van der Waals surface area contributed by atoms with Crippen LogP contribution in [0, 0.1) is 15.5 Å². The molecule has 1 fully saturated rings. The van der Waals surface area contributed by atoms with Gasteiger partial charge in [0.05, 0.1) is 11.1 Å². The van der Waals surface area contributed by atoms with E-state index in [2.05, 4.69) is 10.3 Å². The van der Waals surface area contributed by atoms with Crippen molar-refractivity contribution in [2.75, 3.05) is 11.9 Å². The molecule has 1 aliphatic rings. The summed E-state index contributed by atoms with van der Waals surface area (Å²) in [6, 6.07) is 2.80. The van der Waals surface area contributed by atoms with Gasteiger partial charge >= 0.3 is 11.8 Å². The first-order valence-corrected chi connectivity index (χ1v) is 5.11. The Hall–Kier alpha value is -2.18. The Balaban J connectivity index is 1.96. The molecule has 2 rings (SSSR count). The molecule has 90 valence electrons. The van der Waals surface area contributed by atoms with Crippen molar-refractivity contribution < 1.29 is 14.8 Å². The van der Waals surface area contributed by atoms with Crippen LogP contribution in [0.4, 0.5) is 11.5 Å². The third-order valence-corrected chi connectivity index (χ3v) is 2.87. The number of nitrogens with zero attached hydrogens (tertiary/aromatic N) is 2. The first-order valence-electron chi connectivity index (χ1n) is 5.11. The van der Waals surface area contributed by atoms with Crippen molar-refractivity contribution in [3.05, 3.63) is 28.4 Å². The smallest absolute Gasteiger partial charge is 0.363 e. The van der Waals surface area contributed by atoms with Crippen LogP contribution in [0.15, 0.2) is 18.3 Å². The molecule has 0 atom stereocenters. The van der Waals surface area contributed by atoms with Gasteiger partial charge in [0, 0.05) is 12.6 Å². The molecule has 0 amide bonds. The van der Waals surface area contributed by atoms with Gasteiger partial charge in [0.2, 0.25) is 0 Å². The molecular formula is C10H11N3O4. The average molecular weight is 237 g/mol. The van der Waals surface area contributed by atoms with E-state index in [1.165, 1.54) is 18.3 Å². The molecule has 0 bridgehead atoms. The third kappa shape index (κ3) is 2.32. The lowest BCUT2D eigenvalue weighted by Crippen LogP contribution is -2.24. The summed E-state index contributed by atoms with van der Waals surface area (Å²) < 4.78 is 0. The number of hydrogen-bond donors (Lipinski definition) is 2. The summed E-state index contributed by atoms with van der Waals surface area (Å²) in [6.45, 7) is 0.321. The van der Waals surface area contributed by atoms with Crippen LogP contribution < -0.4 is 5.32 Å². The summed E-state index contributed by atoms with van der Waals surface area (Å²) in [5, 5.41) is 22.3. The van der Waals surface area contributed by atoms with Crippen molar-refractivity contribution in [3.63, 3.8) is 0 Å². The summed E-state index contributed by atoms with van der Waals surface area (Å²) >= 11 is 0. The second kappa shape index (κ2) is 4.00. The lowest BCUT2D eigenvalue weighted by Gasteiger charge is -2.10. The van der Waals surface area contributed by atoms with Crippen molar-refractivity contribution in [2.45, 2.75) is 12.8 Å². The molecule has 0 radical (unpaired) electrons. The molecule has 7 nitrogen and oxygen atoms in total. The number of carbonyl (C=O) groups is 1. The molecular weight excluding hydrogens is 226 g/mol. The number of nitro groups is 1. The zero-order chi connectivity index (χ0) is 12.5. The maximum Gasteiger partial charge on any atom is 0.363 e. The van der Waals surface area contributed by atoms with Crippen molar-refractivity contribution in [1.29, 1.82) is 0 Å². The summed E-state index contributed by atoms with van der Waals surface area (Å²) in [5.74, 6) is -1.03. The van der Waals surface area contributed by atoms with Crippen LogP contribution in [0.1, 0.15) is 12.8 Å². The van der Waals surface area contributed by atoms with E-state index in [9.17, 15) is 14.9 Å². The molecule has 0 aromatic carbocycles. The predicted molar refractivity (Wildman–Crippen MR) is 58.7 cm³/mol. The number of aromatic nitrogens is 1.